The second kappa shape index (κ2) is 7.34. The molecule has 0 aromatic carbocycles. The van der Waals surface area contributed by atoms with Crippen LogP contribution < -0.4 is 10.6 Å². The molecule has 0 spiro atoms. The summed E-state index contributed by atoms with van der Waals surface area (Å²) in [5, 5.41) is 6.77. The van der Waals surface area contributed by atoms with Gasteiger partial charge in [0.05, 0.1) is 0 Å². The third kappa shape index (κ3) is 5.23. The van der Waals surface area contributed by atoms with Crippen LogP contribution in [0, 0.1) is 0 Å². The number of halogens is 1. The zero-order valence-corrected chi connectivity index (χ0v) is 11.4. The number of amides is 1. The van der Waals surface area contributed by atoms with Crippen LogP contribution in [0.1, 0.15) is 13.3 Å². The maximum absolute atomic E-state index is 11.2. The van der Waals surface area contributed by atoms with Crippen molar-refractivity contribution in [3.05, 3.63) is 11.2 Å². The Morgan fingerprint density at radius 2 is 2.29 bits per heavy atom. The smallest absolute Gasteiger partial charge is 0.221 e. The van der Waals surface area contributed by atoms with Crippen molar-refractivity contribution >= 4 is 35.1 Å². The number of carbonyl (C=O) groups is 1. The van der Waals surface area contributed by atoms with Gasteiger partial charge in [0.25, 0.3) is 0 Å². The van der Waals surface area contributed by atoms with Crippen LogP contribution in [-0.4, -0.2) is 35.2 Å². The Labute approximate surface area is 110 Å². The molecule has 0 atom stereocenters. The number of nitrogens with one attached hydrogen (secondary N) is 2. The van der Waals surface area contributed by atoms with Crippen molar-refractivity contribution in [1.82, 2.24) is 15.3 Å². The standard InChI is InChI=1S/C10H15ClN4OS/c1-3-12-9(16)4-5-13-8-6-7(11)14-10(15-8)17-2/h6H,3-5H2,1-2H3,(H,12,16)(H,13,14,15). The molecule has 0 saturated heterocycles. The lowest BCUT2D eigenvalue weighted by Crippen LogP contribution is -2.24. The van der Waals surface area contributed by atoms with Crippen molar-refractivity contribution in [3.63, 3.8) is 0 Å². The van der Waals surface area contributed by atoms with E-state index in [2.05, 4.69) is 20.6 Å². The first-order chi connectivity index (χ1) is 8.15. The number of aromatic nitrogens is 2. The molecular weight excluding hydrogens is 260 g/mol. The molecule has 0 aliphatic rings. The topological polar surface area (TPSA) is 66.9 Å². The minimum Gasteiger partial charge on any atom is -0.369 e. The van der Waals surface area contributed by atoms with E-state index < -0.39 is 0 Å². The van der Waals surface area contributed by atoms with Crippen LogP contribution in [0.2, 0.25) is 5.15 Å². The predicted molar refractivity (Wildman–Crippen MR) is 70.6 cm³/mol. The third-order valence-electron chi connectivity index (χ3n) is 1.89. The van der Waals surface area contributed by atoms with Gasteiger partial charge in [-0.15, -0.1) is 0 Å². The van der Waals surface area contributed by atoms with Crippen LogP contribution >= 0.6 is 23.4 Å². The van der Waals surface area contributed by atoms with Gasteiger partial charge in [-0.3, -0.25) is 4.79 Å². The molecule has 1 heterocycles. The highest BCUT2D eigenvalue weighted by atomic mass is 35.5. The first kappa shape index (κ1) is 14.1. The summed E-state index contributed by atoms with van der Waals surface area (Å²) in [6.45, 7) is 3.06. The summed E-state index contributed by atoms with van der Waals surface area (Å²) in [7, 11) is 0. The van der Waals surface area contributed by atoms with Gasteiger partial charge in [-0.2, -0.15) is 0 Å². The van der Waals surface area contributed by atoms with Gasteiger partial charge in [-0.05, 0) is 13.2 Å². The van der Waals surface area contributed by atoms with Crippen molar-refractivity contribution in [2.75, 3.05) is 24.7 Å². The molecule has 0 unspecified atom stereocenters. The minimum atomic E-state index is 0.0187. The van der Waals surface area contributed by atoms with E-state index in [1.165, 1.54) is 11.8 Å². The Bertz CT molecular complexity index is 389. The zero-order chi connectivity index (χ0) is 12.7. The lowest BCUT2D eigenvalue weighted by Gasteiger charge is -2.06. The first-order valence-corrected chi connectivity index (χ1v) is 6.85. The highest BCUT2D eigenvalue weighted by Gasteiger charge is 2.03. The van der Waals surface area contributed by atoms with Crippen LogP contribution in [0.15, 0.2) is 11.2 Å². The molecule has 94 valence electrons. The molecular formula is C10H15ClN4OS. The van der Waals surface area contributed by atoms with Gasteiger partial charge >= 0.3 is 0 Å². The highest BCUT2D eigenvalue weighted by molar-refractivity contribution is 7.98. The summed E-state index contributed by atoms with van der Waals surface area (Å²) in [5.41, 5.74) is 0. The largest absolute Gasteiger partial charge is 0.369 e. The number of thioether (sulfide) groups is 1. The molecule has 0 radical (unpaired) electrons. The summed E-state index contributed by atoms with van der Waals surface area (Å²) in [5.74, 6) is 0.656. The van der Waals surface area contributed by atoms with Gasteiger partial charge in [0.1, 0.15) is 11.0 Å². The lowest BCUT2D eigenvalue weighted by molar-refractivity contribution is -0.120. The summed E-state index contributed by atoms with van der Waals surface area (Å²) in [6, 6.07) is 1.64. The minimum absolute atomic E-state index is 0.0187. The maximum Gasteiger partial charge on any atom is 0.221 e. The summed E-state index contributed by atoms with van der Waals surface area (Å²) in [6.07, 6.45) is 2.29. The van der Waals surface area contributed by atoms with Crippen LogP contribution in [0.5, 0.6) is 0 Å². The van der Waals surface area contributed by atoms with E-state index in [1.807, 2.05) is 13.2 Å². The van der Waals surface area contributed by atoms with Gasteiger partial charge in [-0.1, -0.05) is 23.4 Å². The Balaban J connectivity index is 2.46. The van der Waals surface area contributed by atoms with E-state index in [1.54, 1.807) is 6.07 Å². The average molecular weight is 275 g/mol. The fourth-order valence-electron chi connectivity index (χ4n) is 1.17. The van der Waals surface area contributed by atoms with Crippen molar-refractivity contribution in [3.8, 4) is 0 Å². The van der Waals surface area contributed by atoms with Gasteiger partial charge in [0.15, 0.2) is 5.16 Å². The van der Waals surface area contributed by atoms with E-state index in [9.17, 15) is 4.79 Å². The van der Waals surface area contributed by atoms with E-state index in [4.69, 9.17) is 11.6 Å². The van der Waals surface area contributed by atoms with Gasteiger partial charge in [0.2, 0.25) is 5.91 Å². The van der Waals surface area contributed by atoms with Crippen molar-refractivity contribution < 1.29 is 4.79 Å². The first-order valence-electron chi connectivity index (χ1n) is 5.25. The molecule has 0 aliphatic heterocycles. The molecule has 0 fully saturated rings. The fourth-order valence-corrected chi connectivity index (χ4v) is 1.78. The van der Waals surface area contributed by atoms with Crippen LogP contribution in [0.4, 0.5) is 5.82 Å². The summed E-state index contributed by atoms with van der Waals surface area (Å²) in [4.78, 5) is 19.5. The number of hydrogen-bond acceptors (Lipinski definition) is 5. The number of anilines is 1. The second-order valence-corrected chi connectivity index (χ2v) is 4.35. The van der Waals surface area contributed by atoms with Gasteiger partial charge in [0, 0.05) is 25.6 Å². The van der Waals surface area contributed by atoms with Crippen molar-refractivity contribution in [2.45, 2.75) is 18.5 Å². The number of nitrogens with zero attached hydrogens (tertiary/aromatic N) is 2. The fraction of sp³-hybridized carbons (Fsp3) is 0.500. The molecule has 5 nitrogen and oxygen atoms in total. The van der Waals surface area contributed by atoms with E-state index >= 15 is 0 Å². The molecule has 1 aromatic heterocycles. The monoisotopic (exact) mass is 274 g/mol. The molecule has 0 bridgehead atoms. The summed E-state index contributed by atoms with van der Waals surface area (Å²) >= 11 is 7.26. The molecule has 7 heteroatoms. The number of rotatable bonds is 6. The van der Waals surface area contributed by atoms with Gasteiger partial charge in [-0.25, -0.2) is 9.97 Å². The third-order valence-corrected chi connectivity index (χ3v) is 2.63. The molecule has 1 aromatic rings. The van der Waals surface area contributed by atoms with Gasteiger partial charge < -0.3 is 10.6 Å². The van der Waals surface area contributed by atoms with E-state index in [0.717, 1.165) is 0 Å². The quantitative estimate of drug-likeness (QED) is 0.470. The van der Waals surface area contributed by atoms with E-state index in [0.29, 0.717) is 35.6 Å². The number of carbonyl (C=O) groups excluding carboxylic acids is 1. The normalized spacial score (nSPS) is 10.1. The van der Waals surface area contributed by atoms with E-state index in [-0.39, 0.29) is 5.91 Å². The van der Waals surface area contributed by atoms with Crippen LogP contribution in [0.25, 0.3) is 0 Å². The van der Waals surface area contributed by atoms with Crippen LogP contribution in [0.3, 0.4) is 0 Å². The molecule has 1 amide bonds. The molecule has 2 N–H and O–H groups in total. The predicted octanol–water partition coefficient (Wildman–Crippen LogP) is 1.79. The molecule has 1 rings (SSSR count). The molecule has 0 saturated carbocycles. The SMILES string of the molecule is CCNC(=O)CCNc1cc(Cl)nc(SC)n1. The Morgan fingerprint density at radius 3 is 2.94 bits per heavy atom. The zero-order valence-electron chi connectivity index (χ0n) is 9.79. The lowest BCUT2D eigenvalue weighted by atomic mass is 10.4. The maximum atomic E-state index is 11.2. The molecule has 0 aliphatic carbocycles. The van der Waals surface area contributed by atoms with Crippen molar-refractivity contribution in [2.24, 2.45) is 0 Å². The Kier molecular flexibility index (Phi) is 6.07. The Morgan fingerprint density at radius 1 is 1.53 bits per heavy atom. The Hall–Kier alpha value is -1.01. The number of hydrogen-bond donors (Lipinski definition) is 2. The van der Waals surface area contributed by atoms with Crippen molar-refractivity contribution in [1.29, 1.82) is 0 Å². The highest BCUT2D eigenvalue weighted by Crippen LogP contribution is 2.16. The second-order valence-electron chi connectivity index (χ2n) is 3.19. The average Bonchev–Trinajstić information content (AvgIpc) is 2.28. The van der Waals surface area contributed by atoms with Crippen LogP contribution in [-0.2, 0) is 4.79 Å². The molecule has 17 heavy (non-hydrogen) atoms. The summed E-state index contributed by atoms with van der Waals surface area (Å²) < 4.78 is 0.